The standard InChI is InChI=1S/C15H17NO3/c1-11(17)16-13-7-9-14(10-8-13)19-15(18)12-5-3-2-4-6-12/h2-3,7-10,12H,4-6H2,1H3,(H,16,17). The number of hydrogen-bond acceptors (Lipinski definition) is 3. The molecule has 0 saturated heterocycles. The van der Waals surface area contributed by atoms with E-state index in [1.807, 2.05) is 6.08 Å². The summed E-state index contributed by atoms with van der Waals surface area (Å²) >= 11 is 0. The highest BCUT2D eigenvalue weighted by Gasteiger charge is 2.20. The average molecular weight is 259 g/mol. The number of esters is 1. The molecule has 1 aromatic carbocycles. The van der Waals surface area contributed by atoms with Crippen LogP contribution < -0.4 is 10.1 Å². The van der Waals surface area contributed by atoms with Crippen molar-refractivity contribution >= 4 is 17.6 Å². The SMILES string of the molecule is CC(=O)Nc1ccc(OC(=O)C2CC=CCC2)cc1. The van der Waals surface area contributed by atoms with Crippen molar-refractivity contribution in [3.63, 3.8) is 0 Å². The zero-order chi connectivity index (χ0) is 13.7. The largest absolute Gasteiger partial charge is 0.426 e. The Labute approximate surface area is 112 Å². The molecule has 1 amide bonds. The van der Waals surface area contributed by atoms with Gasteiger partial charge in [-0.25, -0.2) is 0 Å². The van der Waals surface area contributed by atoms with Crippen LogP contribution in [-0.2, 0) is 9.59 Å². The van der Waals surface area contributed by atoms with Gasteiger partial charge in [-0.3, -0.25) is 9.59 Å². The molecular weight excluding hydrogens is 242 g/mol. The number of rotatable bonds is 3. The molecule has 1 aromatic rings. The van der Waals surface area contributed by atoms with E-state index in [0.29, 0.717) is 11.4 Å². The van der Waals surface area contributed by atoms with Crippen LogP contribution in [0.3, 0.4) is 0 Å². The van der Waals surface area contributed by atoms with E-state index in [2.05, 4.69) is 11.4 Å². The van der Waals surface area contributed by atoms with E-state index < -0.39 is 0 Å². The van der Waals surface area contributed by atoms with Gasteiger partial charge < -0.3 is 10.1 Å². The van der Waals surface area contributed by atoms with Gasteiger partial charge in [-0.05, 0) is 43.5 Å². The Morgan fingerprint density at radius 2 is 1.95 bits per heavy atom. The van der Waals surface area contributed by atoms with Gasteiger partial charge in [0.05, 0.1) is 5.92 Å². The van der Waals surface area contributed by atoms with E-state index in [1.54, 1.807) is 24.3 Å². The highest BCUT2D eigenvalue weighted by molar-refractivity contribution is 5.88. The summed E-state index contributed by atoms with van der Waals surface area (Å²) in [6.45, 7) is 1.45. The number of hydrogen-bond donors (Lipinski definition) is 1. The van der Waals surface area contributed by atoms with E-state index in [-0.39, 0.29) is 17.8 Å². The maximum Gasteiger partial charge on any atom is 0.314 e. The predicted molar refractivity (Wildman–Crippen MR) is 72.9 cm³/mol. The first kappa shape index (κ1) is 13.3. The first-order valence-corrected chi connectivity index (χ1v) is 6.39. The van der Waals surface area contributed by atoms with Gasteiger partial charge in [0, 0.05) is 12.6 Å². The summed E-state index contributed by atoms with van der Waals surface area (Å²) in [5, 5.41) is 2.66. The first-order valence-electron chi connectivity index (χ1n) is 6.39. The van der Waals surface area contributed by atoms with Crippen LogP contribution in [-0.4, -0.2) is 11.9 Å². The average Bonchev–Trinajstić information content (AvgIpc) is 2.41. The lowest BCUT2D eigenvalue weighted by atomic mass is 9.95. The van der Waals surface area contributed by atoms with Gasteiger partial charge >= 0.3 is 5.97 Å². The van der Waals surface area contributed by atoms with Crippen LogP contribution in [0.15, 0.2) is 36.4 Å². The number of carbonyl (C=O) groups excluding carboxylic acids is 2. The van der Waals surface area contributed by atoms with Crippen molar-refractivity contribution < 1.29 is 14.3 Å². The van der Waals surface area contributed by atoms with Gasteiger partial charge in [0.25, 0.3) is 0 Å². The molecule has 0 aromatic heterocycles. The van der Waals surface area contributed by atoms with Crippen LogP contribution in [0.1, 0.15) is 26.2 Å². The number of amides is 1. The lowest BCUT2D eigenvalue weighted by Gasteiger charge is -2.16. The van der Waals surface area contributed by atoms with Crippen molar-refractivity contribution in [1.82, 2.24) is 0 Å². The van der Waals surface area contributed by atoms with E-state index in [1.165, 1.54) is 6.92 Å². The third-order valence-corrected chi connectivity index (χ3v) is 3.00. The molecule has 1 unspecified atom stereocenters. The van der Waals surface area contributed by atoms with E-state index >= 15 is 0 Å². The summed E-state index contributed by atoms with van der Waals surface area (Å²) in [5.74, 6) is 0.157. The van der Waals surface area contributed by atoms with Crippen molar-refractivity contribution in [2.75, 3.05) is 5.32 Å². The first-order chi connectivity index (χ1) is 9.15. The van der Waals surface area contributed by atoms with Crippen molar-refractivity contribution in [2.45, 2.75) is 26.2 Å². The maximum atomic E-state index is 11.9. The molecule has 0 saturated carbocycles. The molecule has 1 atom stereocenters. The van der Waals surface area contributed by atoms with Crippen molar-refractivity contribution in [3.8, 4) is 5.75 Å². The van der Waals surface area contributed by atoms with E-state index in [4.69, 9.17) is 4.74 Å². The van der Waals surface area contributed by atoms with Crippen LogP contribution in [0.5, 0.6) is 5.75 Å². The molecule has 0 fully saturated rings. The fourth-order valence-electron chi connectivity index (χ4n) is 2.02. The minimum Gasteiger partial charge on any atom is -0.426 e. The zero-order valence-corrected chi connectivity index (χ0v) is 10.9. The van der Waals surface area contributed by atoms with Crippen molar-refractivity contribution in [1.29, 1.82) is 0 Å². The lowest BCUT2D eigenvalue weighted by Crippen LogP contribution is -2.21. The molecule has 4 heteroatoms. The third kappa shape index (κ3) is 3.95. The number of anilines is 1. The normalized spacial score (nSPS) is 17.8. The summed E-state index contributed by atoms with van der Waals surface area (Å²) in [4.78, 5) is 22.8. The summed E-state index contributed by atoms with van der Waals surface area (Å²) in [6.07, 6.45) is 6.64. The number of nitrogens with one attached hydrogen (secondary N) is 1. The van der Waals surface area contributed by atoms with Gasteiger partial charge in [-0.1, -0.05) is 12.2 Å². The van der Waals surface area contributed by atoms with Crippen molar-refractivity contribution in [2.24, 2.45) is 5.92 Å². The van der Waals surface area contributed by atoms with E-state index in [9.17, 15) is 9.59 Å². The maximum absolute atomic E-state index is 11.9. The quantitative estimate of drug-likeness (QED) is 0.516. The van der Waals surface area contributed by atoms with Gasteiger partial charge in [-0.15, -0.1) is 0 Å². The Morgan fingerprint density at radius 1 is 1.21 bits per heavy atom. The molecule has 1 N–H and O–H groups in total. The molecule has 1 aliphatic carbocycles. The molecule has 0 bridgehead atoms. The van der Waals surface area contributed by atoms with Gasteiger partial charge in [0.15, 0.2) is 0 Å². The summed E-state index contributed by atoms with van der Waals surface area (Å²) in [6, 6.07) is 6.79. The second kappa shape index (κ2) is 6.18. The molecule has 4 nitrogen and oxygen atoms in total. The Hall–Kier alpha value is -2.10. The number of allylic oxidation sites excluding steroid dienone is 2. The Morgan fingerprint density at radius 3 is 2.53 bits per heavy atom. The van der Waals surface area contributed by atoms with Crippen LogP contribution in [0, 0.1) is 5.92 Å². The fraction of sp³-hybridized carbons (Fsp3) is 0.333. The Balaban J connectivity index is 1.93. The summed E-state index contributed by atoms with van der Waals surface area (Å²) in [5.41, 5.74) is 0.688. The number of carbonyl (C=O) groups is 2. The summed E-state index contributed by atoms with van der Waals surface area (Å²) < 4.78 is 5.33. The summed E-state index contributed by atoms with van der Waals surface area (Å²) in [7, 11) is 0. The van der Waals surface area contributed by atoms with Crippen molar-refractivity contribution in [3.05, 3.63) is 36.4 Å². The molecule has 100 valence electrons. The molecule has 0 spiro atoms. The fourth-order valence-corrected chi connectivity index (χ4v) is 2.02. The third-order valence-electron chi connectivity index (χ3n) is 3.00. The number of benzene rings is 1. The van der Waals surface area contributed by atoms with Gasteiger partial charge in [0.1, 0.15) is 5.75 Å². The minimum atomic E-state index is -0.184. The molecule has 19 heavy (non-hydrogen) atoms. The number of ether oxygens (including phenoxy) is 1. The molecule has 0 aliphatic heterocycles. The molecule has 1 aliphatic rings. The molecule has 0 radical (unpaired) electrons. The smallest absolute Gasteiger partial charge is 0.314 e. The van der Waals surface area contributed by atoms with Gasteiger partial charge in [0.2, 0.25) is 5.91 Å². The highest BCUT2D eigenvalue weighted by Crippen LogP contribution is 2.22. The lowest BCUT2D eigenvalue weighted by molar-refractivity contribution is -0.139. The van der Waals surface area contributed by atoms with Crippen LogP contribution in [0.25, 0.3) is 0 Å². The monoisotopic (exact) mass is 259 g/mol. The predicted octanol–water partition coefficient (Wildman–Crippen LogP) is 2.91. The second-order valence-corrected chi connectivity index (χ2v) is 4.61. The van der Waals surface area contributed by atoms with Crippen LogP contribution in [0.4, 0.5) is 5.69 Å². The van der Waals surface area contributed by atoms with E-state index in [0.717, 1.165) is 19.3 Å². The van der Waals surface area contributed by atoms with Crippen LogP contribution >= 0.6 is 0 Å². The van der Waals surface area contributed by atoms with Crippen LogP contribution in [0.2, 0.25) is 0 Å². The zero-order valence-electron chi connectivity index (χ0n) is 10.9. The van der Waals surface area contributed by atoms with Gasteiger partial charge in [-0.2, -0.15) is 0 Å². The molecule has 2 rings (SSSR count). The second-order valence-electron chi connectivity index (χ2n) is 4.61. The highest BCUT2D eigenvalue weighted by atomic mass is 16.5. The molecular formula is C15H17NO3. The minimum absolute atomic E-state index is 0.0416. The Kier molecular flexibility index (Phi) is 4.34. The Bertz CT molecular complexity index is 491. The topological polar surface area (TPSA) is 55.4 Å². The molecule has 0 heterocycles.